The Morgan fingerprint density at radius 1 is 1.12 bits per heavy atom. The number of fused-ring (bicyclic) bond motifs is 3. The van der Waals surface area contributed by atoms with Crippen LogP contribution in [-0.2, 0) is 27.1 Å². The maximum atomic E-state index is 12.7. The van der Waals surface area contributed by atoms with E-state index in [9.17, 15) is 14.4 Å². The average Bonchev–Trinajstić information content (AvgIpc) is 3.19. The maximum absolute atomic E-state index is 12.7. The number of anilines is 1. The number of nitrogens with one attached hydrogen (secondary N) is 1. The van der Waals surface area contributed by atoms with E-state index in [4.69, 9.17) is 9.47 Å². The molecule has 1 N–H and O–H groups in total. The normalized spacial score (nSPS) is 15.1. The van der Waals surface area contributed by atoms with E-state index in [1.54, 1.807) is 11.3 Å². The van der Waals surface area contributed by atoms with E-state index in [1.165, 1.54) is 60.9 Å². The van der Waals surface area contributed by atoms with Gasteiger partial charge in [0, 0.05) is 16.0 Å². The minimum absolute atomic E-state index is 0.114. The molecular weight excluding hydrogens is 462 g/mol. The van der Waals surface area contributed by atoms with Crippen LogP contribution < -0.4 is 5.32 Å². The number of hydrogen-bond donors (Lipinski definition) is 1. The van der Waals surface area contributed by atoms with Gasteiger partial charge in [-0.1, -0.05) is 18.7 Å². The third-order valence-corrected chi connectivity index (χ3v) is 7.61. The first-order valence-electron chi connectivity index (χ1n) is 10.4. The Labute approximate surface area is 199 Å². The van der Waals surface area contributed by atoms with E-state index in [0.29, 0.717) is 11.6 Å². The van der Waals surface area contributed by atoms with Crippen LogP contribution in [-0.4, -0.2) is 47.8 Å². The molecule has 1 aliphatic carbocycles. The standard InChI is InChI=1S/C23H23N3O5S2/c1-12-4-5-16-17(6-12)33-21-19(16)20(24-11-25-21)32-10-18(27)26-15-8-13(22(28)30-2)7-14(9-15)23(29)31-3/h7-9,11-12H,4-6,10H2,1-3H3,(H,26,27). The van der Waals surface area contributed by atoms with Crippen molar-refractivity contribution in [3.05, 3.63) is 46.1 Å². The molecule has 1 unspecified atom stereocenters. The molecule has 172 valence electrons. The summed E-state index contributed by atoms with van der Waals surface area (Å²) < 4.78 is 9.47. The van der Waals surface area contributed by atoms with Crippen molar-refractivity contribution in [2.24, 2.45) is 5.92 Å². The number of aryl methyl sites for hydroxylation is 1. The topological polar surface area (TPSA) is 107 Å². The molecule has 0 fully saturated rings. The Morgan fingerprint density at radius 2 is 1.82 bits per heavy atom. The zero-order chi connectivity index (χ0) is 23.5. The van der Waals surface area contributed by atoms with Gasteiger partial charge >= 0.3 is 11.9 Å². The lowest BCUT2D eigenvalue weighted by molar-refractivity contribution is -0.113. The number of carbonyl (C=O) groups excluding carboxylic acids is 3. The third kappa shape index (κ3) is 5.01. The van der Waals surface area contributed by atoms with Crippen molar-refractivity contribution in [1.82, 2.24) is 9.97 Å². The van der Waals surface area contributed by atoms with E-state index >= 15 is 0 Å². The van der Waals surface area contributed by atoms with Crippen LogP contribution in [0.2, 0.25) is 0 Å². The number of carbonyl (C=O) groups is 3. The summed E-state index contributed by atoms with van der Waals surface area (Å²) in [6.07, 6.45) is 4.73. The number of aromatic nitrogens is 2. The zero-order valence-electron chi connectivity index (χ0n) is 18.5. The Bertz CT molecular complexity index is 1210. The Hall–Kier alpha value is -2.98. The molecule has 0 aliphatic heterocycles. The fourth-order valence-electron chi connectivity index (χ4n) is 3.86. The maximum Gasteiger partial charge on any atom is 0.337 e. The Morgan fingerprint density at radius 3 is 2.48 bits per heavy atom. The van der Waals surface area contributed by atoms with Gasteiger partial charge in [0.1, 0.15) is 16.2 Å². The summed E-state index contributed by atoms with van der Waals surface area (Å²) in [4.78, 5) is 47.8. The minimum atomic E-state index is -0.620. The van der Waals surface area contributed by atoms with E-state index in [-0.39, 0.29) is 22.8 Å². The molecule has 1 amide bonds. The molecule has 1 atom stereocenters. The highest BCUT2D eigenvalue weighted by Crippen LogP contribution is 2.40. The van der Waals surface area contributed by atoms with Gasteiger partial charge in [-0.25, -0.2) is 19.6 Å². The SMILES string of the molecule is COC(=O)c1cc(NC(=O)CSc2ncnc3sc4c(c23)CCC(C)C4)cc(C(=O)OC)c1. The van der Waals surface area contributed by atoms with Gasteiger partial charge in [-0.2, -0.15) is 0 Å². The second kappa shape index (κ2) is 9.88. The summed E-state index contributed by atoms with van der Waals surface area (Å²) >= 11 is 3.06. The van der Waals surface area contributed by atoms with Crippen LogP contribution in [0.25, 0.3) is 10.2 Å². The lowest BCUT2D eigenvalue weighted by atomic mass is 9.89. The first-order valence-corrected chi connectivity index (χ1v) is 12.2. The van der Waals surface area contributed by atoms with Crippen molar-refractivity contribution < 1.29 is 23.9 Å². The lowest BCUT2D eigenvalue weighted by Gasteiger charge is -2.18. The van der Waals surface area contributed by atoms with Crippen LogP contribution in [0.4, 0.5) is 5.69 Å². The van der Waals surface area contributed by atoms with Crippen LogP contribution in [0, 0.1) is 5.92 Å². The largest absolute Gasteiger partial charge is 0.465 e. The quantitative estimate of drug-likeness (QED) is 0.316. The van der Waals surface area contributed by atoms with Gasteiger partial charge in [-0.15, -0.1) is 11.3 Å². The van der Waals surface area contributed by atoms with E-state index in [1.807, 2.05) is 0 Å². The van der Waals surface area contributed by atoms with E-state index in [0.717, 1.165) is 34.5 Å². The van der Waals surface area contributed by atoms with Gasteiger partial charge in [0.2, 0.25) is 5.91 Å². The second-order valence-corrected chi connectivity index (χ2v) is 9.88. The summed E-state index contributed by atoms with van der Waals surface area (Å²) in [5, 5.41) is 4.60. The third-order valence-electron chi connectivity index (χ3n) is 5.46. The number of esters is 2. The molecule has 0 radical (unpaired) electrons. The average molecular weight is 486 g/mol. The first-order chi connectivity index (χ1) is 15.9. The number of amides is 1. The van der Waals surface area contributed by atoms with Gasteiger partial charge in [0.05, 0.1) is 31.1 Å². The summed E-state index contributed by atoms with van der Waals surface area (Å²) in [6.45, 7) is 2.26. The first kappa shape index (κ1) is 23.2. The summed E-state index contributed by atoms with van der Waals surface area (Å²) in [6, 6.07) is 4.28. The number of rotatable bonds is 6. The molecule has 3 aromatic rings. The lowest BCUT2D eigenvalue weighted by Crippen LogP contribution is -2.16. The number of benzene rings is 1. The number of hydrogen-bond acceptors (Lipinski definition) is 9. The Kier molecular flexibility index (Phi) is 6.94. The van der Waals surface area contributed by atoms with Crippen molar-refractivity contribution in [2.75, 3.05) is 25.3 Å². The fraction of sp³-hybridized carbons (Fsp3) is 0.348. The van der Waals surface area contributed by atoms with Gasteiger partial charge in [-0.05, 0) is 48.9 Å². The van der Waals surface area contributed by atoms with Crippen LogP contribution in [0.3, 0.4) is 0 Å². The van der Waals surface area contributed by atoms with Gasteiger partial charge in [0.15, 0.2) is 0 Å². The Balaban J connectivity index is 1.52. The summed E-state index contributed by atoms with van der Waals surface area (Å²) in [7, 11) is 2.49. The predicted octanol–water partition coefficient (Wildman–Crippen LogP) is 4.12. The molecule has 1 aliphatic rings. The molecule has 4 rings (SSSR count). The summed E-state index contributed by atoms with van der Waals surface area (Å²) in [5.41, 5.74) is 1.89. The number of ether oxygens (including phenoxy) is 2. The number of nitrogens with zero attached hydrogens (tertiary/aromatic N) is 2. The van der Waals surface area contributed by atoms with E-state index in [2.05, 4.69) is 22.2 Å². The molecular formula is C23H23N3O5S2. The van der Waals surface area contributed by atoms with Crippen LogP contribution >= 0.6 is 23.1 Å². The zero-order valence-corrected chi connectivity index (χ0v) is 20.1. The highest BCUT2D eigenvalue weighted by molar-refractivity contribution is 8.00. The number of thioether (sulfide) groups is 1. The van der Waals surface area contributed by atoms with Gasteiger partial charge < -0.3 is 14.8 Å². The van der Waals surface area contributed by atoms with Crippen LogP contribution in [0.15, 0.2) is 29.6 Å². The predicted molar refractivity (Wildman–Crippen MR) is 127 cm³/mol. The number of methoxy groups -OCH3 is 2. The van der Waals surface area contributed by atoms with Crippen molar-refractivity contribution >= 4 is 56.8 Å². The minimum Gasteiger partial charge on any atom is -0.465 e. The highest BCUT2D eigenvalue weighted by Gasteiger charge is 2.23. The van der Waals surface area contributed by atoms with E-state index < -0.39 is 11.9 Å². The summed E-state index contributed by atoms with van der Waals surface area (Å²) in [5.74, 6) is -0.752. The van der Waals surface area contributed by atoms with Crippen molar-refractivity contribution in [1.29, 1.82) is 0 Å². The highest BCUT2D eigenvalue weighted by atomic mass is 32.2. The molecule has 10 heteroatoms. The second-order valence-electron chi connectivity index (χ2n) is 7.83. The molecule has 2 heterocycles. The van der Waals surface area contributed by atoms with Crippen molar-refractivity contribution in [3.63, 3.8) is 0 Å². The molecule has 1 aromatic carbocycles. The molecule has 33 heavy (non-hydrogen) atoms. The fourth-order valence-corrected chi connectivity index (χ4v) is 6.10. The monoisotopic (exact) mass is 485 g/mol. The van der Waals surface area contributed by atoms with Gasteiger partial charge in [-0.3, -0.25) is 4.79 Å². The number of thiophene rings is 1. The molecule has 8 nitrogen and oxygen atoms in total. The van der Waals surface area contributed by atoms with Crippen molar-refractivity contribution in [3.8, 4) is 0 Å². The van der Waals surface area contributed by atoms with Crippen molar-refractivity contribution in [2.45, 2.75) is 31.2 Å². The molecule has 2 aromatic heterocycles. The molecule has 0 saturated heterocycles. The van der Waals surface area contributed by atoms with Gasteiger partial charge in [0.25, 0.3) is 0 Å². The molecule has 0 spiro atoms. The molecule has 0 bridgehead atoms. The smallest absolute Gasteiger partial charge is 0.337 e. The van der Waals surface area contributed by atoms with Crippen LogP contribution in [0.5, 0.6) is 0 Å². The van der Waals surface area contributed by atoms with Crippen LogP contribution in [0.1, 0.15) is 44.5 Å². The molecule has 0 saturated carbocycles.